The minimum absolute atomic E-state index is 0.166. The maximum atomic E-state index is 9.22. The van der Waals surface area contributed by atoms with Crippen molar-refractivity contribution in [3.63, 3.8) is 0 Å². The van der Waals surface area contributed by atoms with Crippen LogP contribution in [-0.2, 0) is 0 Å². The first-order chi connectivity index (χ1) is 9.99. The van der Waals surface area contributed by atoms with E-state index in [2.05, 4.69) is 13.0 Å². The van der Waals surface area contributed by atoms with Gasteiger partial charge in [0.05, 0.1) is 17.4 Å². The first-order valence-electron chi connectivity index (χ1n) is 7.14. The Morgan fingerprint density at radius 1 is 1.38 bits per heavy atom. The molecule has 0 saturated carbocycles. The zero-order chi connectivity index (χ0) is 15.6. The molecule has 2 rings (SSSR count). The molecule has 0 aliphatic carbocycles. The lowest BCUT2D eigenvalue weighted by Crippen LogP contribution is -2.10. The highest BCUT2D eigenvalue weighted by molar-refractivity contribution is 5.62. The zero-order valence-electron chi connectivity index (χ0n) is 13.0. The molecule has 0 aliphatic heterocycles. The van der Waals surface area contributed by atoms with Gasteiger partial charge in [0, 0.05) is 11.8 Å². The first-order valence-corrected chi connectivity index (χ1v) is 7.14. The molecule has 4 nitrogen and oxygen atoms in total. The monoisotopic (exact) mass is 283 g/mol. The normalized spacial score (nSPS) is 12.0. The number of rotatable bonds is 4. The number of aromatic nitrogens is 1. The molecule has 0 amide bonds. The minimum atomic E-state index is 0.166. The predicted molar refractivity (Wildman–Crippen MR) is 84.8 cm³/mol. The van der Waals surface area contributed by atoms with Crippen LogP contribution in [0.25, 0.3) is 5.69 Å². The third-order valence-electron chi connectivity index (χ3n) is 3.85. The lowest BCUT2D eigenvalue weighted by Gasteiger charge is -2.15. The molecule has 0 aliphatic rings. The number of nitrogen functional groups attached to an aromatic ring is 1. The second-order valence-corrected chi connectivity index (χ2v) is 5.25. The fourth-order valence-electron chi connectivity index (χ4n) is 2.32. The number of benzene rings is 1. The van der Waals surface area contributed by atoms with Crippen LogP contribution in [-0.4, -0.2) is 10.7 Å². The van der Waals surface area contributed by atoms with Crippen molar-refractivity contribution >= 4 is 5.82 Å². The molecule has 1 aromatic heterocycles. The van der Waals surface area contributed by atoms with E-state index < -0.39 is 0 Å². The molecule has 0 saturated heterocycles. The Balaban J connectivity index is 2.49. The van der Waals surface area contributed by atoms with Crippen molar-refractivity contribution in [2.24, 2.45) is 0 Å². The van der Waals surface area contributed by atoms with Gasteiger partial charge in [0.25, 0.3) is 0 Å². The van der Waals surface area contributed by atoms with Crippen molar-refractivity contribution in [1.82, 2.24) is 4.57 Å². The van der Waals surface area contributed by atoms with Crippen molar-refractivity contribution in [2.75, 3.05) is 5.73 Å². The van der Waals surface area contributed by atoms with E-state index in [4.69, 9.17) is 10.5 Å². The number of hydrogen-bond acceptors (Lipinski definition) is 3. The highest BCUT2D eigenvalue weighted by Crippen LogP contribution is 2.29. The summed E-state index contributed by atoms with van der Waals surface area (Å²) in [5.41, 5.74) is 9.48. The molecule has 110 valence electrons. The molecule has 1 heterocycles. The molecule has 1 unspecified atom stereocenters. The summed E-state index contributed by atoms with van der Waals surface area (Å²) in [6.45, 7) is 8.01. The van der Waals surface area contributed by atoms with Gasteiger partial charge in [0.15, 0.2) is 0 Å². The minimum Gasteiger partial charge on any atom is -0.491 e. The van der Waals surface area contributed by atoms with Gasteiger partial charge in [-0.3, -0.25) is 4.57 Å². The van der Waals surface area contributed by atoms with Gasteiger partial charge in [-0.1, -0.05) is 13.0 Å². The number of nitrogens with zero attached hydrogens (tertiary/aromatic N) is 2. The van der Waals surface area contributed by atoms with Crippen LogP contribution < -0.4 is 10.5 Å². The third kappa shape index (κ3) is 2.73. The maximum absolute atomic E-state index is 9.22. The highest BCUT2D eigenvalue weighted by Gasteiger charge is 2.16. The van der Waals surface area contributed by atoms with Crippen molar-refractivity contribution in [3.05, 3.63) is 41.1 Å². The molecule has 1 aromatic carbocycles. The van der Waals surface area contributed by atoms with Crippen molar-refractivity contribution in [3.8, 4) is 17.5 Å². The van der Waals surface area contributed by atoms with Gasteiger partial charge in [-0.2, -0.15) is 5.26 Å². The number of anilines is 1. The topological polar surface area (TPSA) is 64.0 Å². The fraction of sp³-hybridized carbons (Fsp3) is 0.353. The Labute approximate surface area is 125 Å². The Bertz CT molecular complexity index is 695. The molecule has 0 fully saturated rings. The van der Waals surface area contributed by atoms with Gasteiger partial charge in [-0.25, -0.2) is 0 Å². The largest absolute Gasteiger partial charge is 0.491 e. The summed E-state index contributed by atoms with van der Waals surface area (Å²) in [6.07, 6.45) is 1.12. The van der Waals surface area contributed by atoms with E-state index >= 15 is 0 Å². The number of nitrogens with two attached hydrogens (primary N) is 1. The summed E-state index contributed by atoms with van der Waals surface area (Å²) in [6, 6.07) is 9.96. The molecule has 4 heteroatoms. The Hall–Kier alpha value is -2.41. The van der Waals surface area contributed by atoms with Gasteiger partial charge in [-0.05, 0) is 44.9 Å². The SMILES string of the molecule is CCC(C)Oc1cccc(-n2c(C)c(C)c(C#N)c2N)c1. The van der Waals surface area contributed by atoms with Crippen LogP contribution in [0.4, 0.5) is 5.82 Å². The highest BCUT2D eigenvalue weighted by atomic mass is 16.5. The fourth-order valence-corrected chi connectivity index (χ4v) is 2.32. The number of hydrogen-bond donors (Lipinski definition) is 1. The van der Waals surface area contributed by atoms with E-state index in [1.54, 1.807) is 0 Å². The van der Waals surface area contributed by atoms with E-state index in [1.165, 1.54) is 0 Å². The second-order valence-electron chi connectivity index (χ2n) is 5.25. The van der Waals surface area contributed by atoms with Gasteiger partial charge >= 0.3 is 0 Å². The summed E-state index contributed by atoms with van der Waals surface area (Å²) in [5.74, 6) is 1.29. The molecule has 0 spiro atoms. The molecule has 0 radical (unpaired) electrons. The van der Waals surface area contributed by atoms with E-state index in [1.807, 2.05) is 49.6 Å². The van der Waals surface area contributed by atoms with Crippen LogP contribution in [0.5, 0.6) is 5.75 Å². The predicted octanol–water partition coefficient (Wildman–Crippen LogP) is 3.73. The molecule has 2 N–H and O–H groups in total. The van der Waals surface area contributed by atoms with E-state index in [0.29, 0.717) is 11.4 Å². The molecular formula is C17H21N3O. The third-order valence-corrected chi connectivity index (χ3v) is 3.85. The van der Waals surface area contributed by atoms with Crippen LogP contribution in [0.3, 0.4) is 0 Å². The lowest BCUT2D eigenvalue weighted by atomic mass is 10.2. The second kappa shape index (κ2) is 5.92. The number of ether oxygens (including phenoxy) is 1. The summed E-state index contributed by atoms with van der Waals surface area (Å²) < 4.78 is 7.75. The summed E-state index contributed by atoms with van der Waals surface area (Å²) in [7, 11) is 0. The lowest BCUT2D eigenvalue weighted by molar-refractivity contribution is 0.217. The smallest absolute Gasteiger partial charge is 0.126 e. The molecule has 1 atom stereocenters. The average Bonchev–Trinajstić information content (AvgIpc) is 2.69. The van der Waals surface area contributed by atoms with E-state index in [0.717, 1.165) is 29.1 Å². The summed E-state index contributed by atoms with van der Waals surface area (Å²) in [4.78, 5) is 0. The summed E-state index contributed by atoms with van der Waals surface area (Å²) in [5, 5.41) is 9.22. The van der Waals surface area contributed by atoms with E-state index in [9.17, 15) is 5.26 Å². The van der Waals surface area contributed by atoms with Crippen LogP contribution in [0.15, 0.2) is 24.3 Å². The molecular weight excluding hydrogens is 262 g/mol. The van der Waals surface area contributed by atoms with Crippen molar-refractivity contribution < 1.29 is 4.74 Å². The van der Waals surface area contributed by atoms with Crippen LogP contribution in [0.2, 0.25) is 0 Å². The molecule has 0 bridgehead atoms. The Kier molecular flexibility index (Phi) is 4.23. The van der Waals surface area contributed by atoms with Crippen molar-refractivity contribution in [2.45, 2.75) is 40.2 Å². The molecule has 21 heavy (non-hydrogen) atoms. The van der Waals surface area contributed by atoms with Crippen LogP contribution in [0, 0.1) is 25.2 Å². The molecule has 2 aromatic rings. The quantitative estimate of drug-likeness (QED) is 0.930. The summed E-state index contributed by atoms with van der Waals surface area (Å²) >= 11 is 0. The van der Waals surface area contributed by atoms with E-state index in [-0.39, 0.29) is 6.10 Å². The zero-order valence-corrected chi connectivity index (χ0v) is 13.0. The van der Waals surface area contributed by atoms with Gasteiger partial charge in [0.1, 0.15) is 17.6 Å². The maximum Gasteiger partial charge on any atom is 0.126 e. The van der Waals surface area contributed by atoms with Gasteiger partial charge in [0.2, 0.25) is 0 Å². The van der Waals surface area contributed by atoms with Crippen LogP contribution in [0.1, 0.15) is 37.1 Å². The standard InChI is InChI=1S/C17H21N3O/c1-5-11(2)21-15-8-6-7-14(9-15)20-13(4)12(3)16(10-18)17(20)19/h6-9,11H,5,19H2,1-4H3. The van der Waals surface area contributed by atoms with Gasteiger partial charge < -0.3 is 10.5 Å². The number of nitriles is 1. The Morgan fingerprint density at radius 3 is 2.67 bits per heavy atom. The van der Waals surface area contributed by atoms with Crippen LogP contribution >= 0.6 is 0 Å². The van der Waals surface area contributed by atoms with Crippen molar-refractivity contribution in [1.29, 1.82) is 5.26 Å². The van der Waals surface area contributed by atoms with Gasteiger partial charge in [-0.15, -0.1) is 0 Å². The average molecular weight is 283 g/mol. The Morgan fingerprint density at radius 2 is 2.10 bits per heavy atom. The first kappa shape index (κ1) is 15.0.